The van der Waals surface area contributed by atoms with Gasteiger partial charge in [-0.2, -0.15) is 35.1 Å². The molecule has 0 unspecified atom stereocenters. The second kappa shape index (κ2) is 55.0. The molecule has 5 saturated carbocycles. The summed E-state index contributed by atoms with van der Waals surface area (Å²) < 4.78 is 233. The van der Waals surface area contributed by atoms with Gasteiger partial charge in [-0.1, -0.05) is 170 Å². The first-order valence-electron chi connectivity index (χ1n) is 48.6. The second-order valence-corrected chi connectivity index (χ2v) is 42.3. The van der Waals surface area contributed by atoms with Crippen LogP contribution in [-0.4, -0.2) is 106 Å². The molecule has 5 aliphatic rings. The van der Waals surface area contributed by atoms with E-state index in [0.717, 1.165) is 141 Å². The van der Waals surface area contributed by atoms with Gasteiger partial charge in [-0.3, -0.25) is 33.6 Å². The van der Waals surface area contributed by atoms with E-state index in [1.807, 2.05) is 0 Å². The number of primary amides is 1. The van der Waals surface area contributed by atoms with Crippen LogP contribution in [0.5, 0.6) is 51.7 Å². The number of hydrogen-bond donors (Lipinski definition) is 2. The number of sulfonamides is 1. The van der Waals surface area contributed by atoms with E-state index in [0.29, 0.717) is 101 Å². The van der Waals surface area contributed by atoms with Gasteiger partial charge in [0, 0.05) is 90.0 Å². The summed E-state index contributed by atoms with van der Waals surface area (Å²) in [5.41, 5.74) is 9.23. The highest BCUT2D eigenvalue weighted by molar-refractivity contribution is 7.91. The van der Waals surface area contributed by atoms with Gasteiger partial charge in [-0.25, -0.2) is 34.8 Å². The van der Waals surface area contributed by atoms with Gasteiger partial charge in [0.25, 0.3) is 0 Å². The van der Waals surface area contributed by atoms with Crippen molar-refractivity contribution >= 4 is 71.2 Å². The number of rotatable bonds is 34. The fraction of sp³-hybridized carbons (Fsp3) is 0.391. The minimum atomic E-state index is -3.99. The third-order valence-electron chi connectivity index (χ3n) is 25.6. The minimum Gasteiger partial charge on any atom is -0.434 e. The number of ether oxygens (including phenoxy) is 9. The van der Waals surface area contributed by atoms with E-state index in [1.54, 1.807) is 61.5 Å². The van der Waals surface area contributed by atoms with Gasteiger partial charge in [-0.15, -0.1) is 0 Å². The maximum Gasteiger partial charge on any atom is 0.387 e. The monoisotopic (exact) mass is 2090 g/mol. The van der Waals surface area contributed by atoms with Crippen LogP contribution >= 0.6 is 0 Å². The number of esters is 5. The van der Waals surface area contributed by atoms with Crippen LogP contribution in [0.15, 0.2) is 227 Å². The molecular weight excluding hydrogens is 1970 g/mol. The molecule has 1 amide bonds. The van der Waals surface area contributed by atoms with E-state index < -0.39 is 73.8 Å². The number of ketones is 1. The van der Waals surface area contributed by atoms with Gasteiger partial charge in [0.1, 0.15) is 57.6 Å². The molecule has 0 aliphatic heterocycles. The molecule has 5 fully saturated rings. The Morgan fingerprint density at radius 2 is 0.534 bits per heavy atom. The molecule has 0 atom stereocenters. The summed E-state index contributed by atoms with van der Waals surface area (Å²) in [4.78, 5) is 85.0. The van der Waals surface area contributed by atoms with E-state index in [1.165, 1.54) is 190 Å². The highest BCUT2D eigenvalue weighted by atomic mass is 32.2. The number of alkyl halides is 8. The molecule has 15 rings (SSSR count). The third kappa shape index (κ3) is 36.6. The maximum atomic E-state index is 14.3. The molecule has 24 nitrogen and oxygen atoms in total. The number of Topliss-reactive ketones (excluding diaryl/α,β-unsaturated/α-hetero) is 1. The maximum absolute atomic E-state index is 14.3. The minimum absolute atomic E-state index is 0.0434. The quantitative estimate of drug-likeness (QED) is 0.0164. The fourth-order valence-corrected chi connectivity index (χ4v) is 20.2. The van der Waals surface area contributed by atoms with Crippen molar-refractivity contribution in [2.24, 2.45) is 40.5 Å². The number of hydrogen-bond acceptors (Lipinski definition) is 22. The fourth-order valence-electron chi connectivity index (χ4n) is 18.3. The van der Waals surface area contributed by atoms with Crippen molar-refractivity contribution in [3.05, 3.63) is 229 Å². The molecule has 782 valence electrons. The first kappa shape index (κ1) is 113. The first-order chi connectivity index (χ1) is 69.6. The van der Waals surface area contributed by atoms with Crippen LogP contribution in [0.4, 0.5) is 39.5 Å². The number of carbonyl (C=O) groups is 7. The molecule has 5 aliphatic carbocycles. The Morgan fingerprint density at radius 3 is 0.795 bits per heavy atom. The number of primary sulfonamides is 1. The van der Waals surface area contributed by atoms with Crippen LogP contribution in [0.1, 0.15) is 227 Å². The second-order valence-electron chi connectivity index (χ2n) is 36.7. The average molecular weight is 2090 g/mol. The normalized spacial score (nSPS) is 15.0. The summed E-state index contributed by atoms with van der Waals surface area (Å²) in [7, 11) is -10.9. The van der Waals surface area contributed by atoms with Crippen LogP contribution in [-0.2, 0) is 53.7 Å². The van der Waals surface area contributed by atoms with E-state index in [9.17, 15) is 98.3 Å². The lowest BCUT2D eigenvalue weighted by Gasteiger charge is -2.20. The molecule has 4 N–H and O–H groups in total. The zero-order valence-electron chi connectivity index (χ0n) is 81.1. The standard InChI is InChI=1S/C24H26F2O4.C22H23F2NO4.C22H24F2O5S.C21H23F2NO5S.C21H23FO4S/c1-2-21(27)18-10-6-9-17(14-18)20-15-19(11-12-22(20)30-24(25)26)29-23(28)13-16-7-4-3-5-8-16;23-22(24)29-19-10-9-17(28-20(26)11-14-5-2-1-3-6-14)13-18(19)15-7-4-8-16(12-15)21(25)27;1-30(26,27)18-9-5-8-16(13-18)19-14-17(10-11-20(19)29-22(23)24)28-21(25)12-15-6-3-2-4-7-15;22-21(23)29-19-10-9-16(28-20(25)11-14-5-2-1-3-6-14)13-18(19)15-7-4-8-17(12-15)30(24,26)27;1-27(24,25)18-9-5-8-16(13-18)19-14-17(10-11-20(19)22)26-21(23)12-15-6-3-2-4-7-15/h6,9-12,14-16,24H,2-5,7-8,13H2,1H3;4,7-10,12-14,22H,1-3,5-6,11H2,(H2,25,27);5,8-11,13-15,22H,2-4,6-7,12H2,1H3;4,7-10,12-14,21H,1-3,5-6,11H2,(H2,24,26,27);5,8-11,13-15H,2-4,6-7,12H2,1H3. The van der Waals surface area contributed by atoms with E-state index in [4.69, 9.17) is 34.6 Å². The number of halogens is 9. The predicted octanol–water partition coefficient (Wildman–Crippen LogP) is 25.8. The Hall–Kier alpha value is -12.9. The molecule has 0 radical (unpaired) electrons. The molecule has 0 aromatic heterocycles. The molecule has 0 spiro atoms. The molecule has 0 saturated heterocycles. The first-order valence-corrected chi connectivity index (χ1v) is 53.9. The number of benzene rings is 10. The Kier molecular flexibility index (Phi) is 42.7. The Labute approximate surface area is 844 Å². The Balaban J connectivity index is 0.000000174. The third-order valence-corrected chi connectivity index (χ3v) is 28.7. The molecule has 0 bridgehead atoms. The van der Waals surface area contributed by atoms with E-state index in [2.05, 4.69) is 18.9 Å². The molecule has 10 aromatic rings. The lowest BCUT2D eigenvalue weighted by Crippen LogP contribution is -2.16. The van der Waals surface area contributed by atoms with E-state index >= 15 is 0 Å². The molecular formula is C110H119F9N2O22S3. The predicted molar refractivity (Wildman–Crippen MR) is 531 cm³/mol. The summed E-state index contributed by atoms with van der Waals surface area (Å²) in [5, 5.41) is 5.16. The Bertz CT molecular complexity index is 6340. The number of carbonyl (C=O) groups excluding carboxylic acids is 7. The van der Waals surface area contributed by atoms with Gasteiger partial charge in [0.15, 0.2) is 25.5 Å². The van der Waals surface area contributed by atoms with Crippen molar-refractivity contribution in [1.29, 1.82) is 0 Å². The molecule has 146 heavy (non-hydrogen) atoms. The molecule has 36 heteroatoms. The molecule has 10 aromatic carbocycles. The summed E-state index contributed by atoms with van der Waals surface area (Å²) in [6, 6.07) is 51.0. The smallest absolute Gasteiger partial charge is 0.387 e. The summed E-state index contributed by atoms with van der Waals surface area (Å²) in [5.74, 6) is -0.690. The summed E-state index contributed by atoms with van der Waals surface area (Å²) in [6.45, 7) is -10.4. The van der Waals surface area contributed by atoms with Crippen LogP contribution in [0.3, 0.4) is 0 Å². The van der Waals surface area contributed by atoms with Crippen molar-refractivity contribution in [1.82, 2.24) is 0 Å². The SMILES string of the molecule is CCC(=O)c1cccc(-c2cc(OC(=O)CC3CCCCC3)ccc2OC(F)F)c1.CS(=O)(=O)c1cccc(-c2cc(OC(=O)CC3CCCCC3)ccc2F)c1.CS(=O)(=O)c1cccc(-c2cc(OC(=O)CC3CCCCC3)ccc2OC(F)F)c1.NC(=O)c1cccc(-c2cc(OC(=O)CC3CCCCC3)ccc2OC(F)F)c1.NS(=O)(=O)c1cccc(-c2cc(OC(=O)CC3CCCCC3)ccc2OC(F)F)c1. The van der Waals surface area contributed by atoms with Crippen molar-refractivity contribution in [3.63, 3.8) is 0 Å². The summed E-state index contributed by atoms with van der Waals surface area (Å²) >= 11 is 0. The zero-order valence-corrected chi connectivity index (χ0v) is 83.5. The average Bonchev–Trinajstić information content (AvgIpc) is 0.798. The van der Waals surface area contributed by atoms with Crippen molar-refractivity contribution in [2.45, 2.75) is 247 Å². The van der Waals surface area contributed by atoms with Gasteiger partial charge < -0.3 is 48.4 Å². The molecule has 0 heterocycles. The van der Waals surface area contributed by atoms with Crippen LogP contribution < -0.4 is 53.5 Å². The topological polar surface area (TPSA) is 357 Å². The van der Waals surface area contributed by atoms with Gasteiger partial charge in [-0.05, 0) is 267 Å². The van der Waals surface area contributed by atoms with Gasteiger partial charge in [0.2, 0.25) is 15.9 Å². The van der Waals surface area contributed by atoms with Crippen LogP contribution in [0.25, 0.3) is 55.6 Å². The van der Waals surface area contributed by atoms with Gasteiger partial charge in [0.05, 0.1) is 14.7 Å². The number of nitrogens with two attached hydrogens (primary N) is 2. The van der Waals surface area contributed by atoms with Crippen LogP contribution in [0, 0.1) is 35.4 Å². The lowest BCUT2D eigenvalue weighted by atomic mass is 9.87. The zero-order chi connectivity index (χ0) is 105. The van der Waals surface area contributed by atoms with Gasteiger partial charge >= 0.3 is 56.3 Å². The highest BCUT2D eigenvalue weighted by Crippen LogP contribution is 2.43. The van der Waals surface area contributed by atoms with Crippen molar-refractivity contribution in [2.75, 3.05) is 12.5 Å². The summed E-state index contributed by atoms with van der Waals surface area (Å²) in [6.07, 6.45) is 31.5. The van der Waals surface area contributed by atoms with Crippen LogP contribution in [0.2, 0.25) is 0 Å². The van der Waals surface area contributed by atoms with E-state index in [-0.39, 0.29) is 129 Å². The van der Waals surface area contributed by atoms with Crippen molar-refractivity contribution in [3.8, 4) is 107 Å². The highest BCUT2D eigenvalue weighted by Gasteiger charge is 2.29. The Morgan fingerprint density at radius 1 is 0.301 bits per heavy atom. The number of sulfone groups is 2. The van der Waals surface area contributed by atoms with Crippen molar-refractivity contribution < 1.29 is 141 Å². The number of amides is 1. The largest absolute Gasteiger partial charge is 0.434 e. The lowest BCUT2D eigenvalue weighted by molar-refractivity contribution is -0.136.